The molecule has 2 aliphatic heterocycles. The van der Waals surface area contributed by atoms with Gasteiger partial charge in [-0.05, 0) is 49.5 Å². The second-order valence-electron chi connectivity index (χ2n) is 5.29. The zero-order chi connectivity index (χ0) is 13.2. The molecule has 3 rings (SSSR count). The lowest BCUT2D eigenvalue weighted by molar-refractivity contribution is 0.170. The van der Waals surface area contributed by atoms with Crippen molar-refractivity contribution in [1.82, 2.24) is 4.90 Å². The molecule has 0 radical (unpaired) electrons. The molecule has 2 heterocycles. The summed E-state index contributed by atoms with van der Waals surface area (Å²) in [6.45, 7) is 4.13. The van der Waals surface area contributed by atoms with Crippen LogP contribution in [0.1, 0.15) is 18.4 Å². The highest BCUT2D eigenvalue weighted by atomic mass is 35.5. The van der Waals surface area contributed by atoms with E-state index in [2.05, 4.69) is 4.90 Å². The molecule has 0 amide bonds. The molecule has 0 saturated carbocycles. The standard InChI is InChI=1S/C14H19ClN2O2/c15-12-4-11(5-13-14(12)19-9-18-13)8-17-3-1-2-10(6-16)7-17/h4-5,10H,1-3,6-9,16H2. The van der Waals surface area contributed by atoms with Crippen molar-refractivity contribution in [3.63, 3.8) is 0 Å². The van der Waals surface area contributed by atoms with E-state index in [-0.39, 0.29) is 6.79 Å². The molecule has 19 heavy (non-hydrogen) atoms. The molecule has 1 fully saturated rings. The molecule has 0 bridgehead atoms. The van der Waals surface area contributed by atoms with Crippen molar-refractivity contribution in [3.05, 3.63) is 22.7 Å². The summed E-state index contributed by atoms with van der Waals surface area (Å²) in [6.07, 6.45) is 2.47. The molecule has 1 aromatic rings. The lowest BCUT2D eigenvalue weighted by Crippen LogP contribution is -2.37. The largest absolute Gasteiger partial charge is 0.454 e. The fourth-order valence-corrected chi connectivity index (χ4v) is 3.15. The number of hydrogen-bond acceptors (Lipinski definition) is 4. The summed E-state index contributed by atoms with van der Waals surface area (Å²) in [5.41, 5.74) is 6.95. The molecule has 0 aromatic heterocycles. The fourth-order valence-electron chi connectivity index (χ4n) is 2.86. The van der Waals surface area contributed by atoms with Crippen LogP contribution in [0.15, 0.2) is 12.1 Å². The summed E-state index contributed by atoms with van der Waals surface area (Å²) in [4.78, 5) is 2.44. The summed E-state index contributed by atoms with van der Waals surface area (Å²) >= 11 is 6.20. The van der Waals surface area contributed by atoms with Crippen LogP contribution in [-0.4, -0.2) is 31.3 Å². The van der Waals surface area contributed by atoms with E-state index in [0.717, 1.165) is 31.9 Å². The fraction of sp³-hybridized carbons (Fsp3) is 0.571. The number of likely N-dealkylation sites (tertiary alicyclic amines) is 1. The quantitative estimate of drug-likeness (QED) is 0.924. The van der Waals surface area contributed by atoms with Crippen LogP contribution in [0.4, 0.5) is 0 Å². The van der Waals surface area contributed by atoms with Gasteiger partial charge in [0.05, 0.1) is 5.02 Å². The zero-order valence-corrected chi connectivity index (χ0v) is 11.7. The van der Waals surface area contributed by atoms with E-state index < -0.39 is 0 Å². The number of rotatable bonds is 3. The van der Waals surface area contributed by atoms with Crippen molar-refractivity contribution in [2.24, 2.45) is 11.7 Å². The number of piperidine rings is 1. The maximum Gasteiger partial charge on any atom is 0.231 e. The average molecular weight is 283 g/mol. The molecule has 1 aromatic carbocycles. The van der Waals surface area contributed by atoms with Crippen LogP contribution < -0.4 is 15.2 Å². The topological polar surface area (TPSA) is 47.7 Å². The Morgan fingerprint density at radius 2 is 2.26 bits per heavy atom. The second-order valence-corrected chi connectivity index (χ2v) is 5.70. The van der Waals surface area contributed by atoms with E-state index in [1.54, 1.807) is 0 Å². The van der Waals surface area contributed by atoms with Gasteiger partial charge in [0.15, 0.2) is 11.5 Å². The zero-order valence-electron chi connectivity index (χ0n) is 10.9. The van der Waals surface area contributed by atoms with E-state index in [1.165, 1.54) is 18.4 Å². The van der Waals surface area contributed by atoms with E-state index in [9.17, 15) is 0 Å². The van der Waals surface area contributed by atoms with Crippen LogP contribution in [0.3, 0.4) is 0 Å². The highest BCUT2D eigenvalue weighted by Gasteiger charge is 2.22. The Hall–Kier alpha value is -0.970. The van der Waals surface area contributed by atoms with Gasteiger partial charge in [-0.1, -0.05) is 11.6 Å². The molecule has 4 nitrogen and oxygen atoms in total. The molecule has 104 valence electrons. The minimum Gasteiger partial charge on any atom is -0.454 e. The van der Waals surface area contributed by atoms with Gasteiger partial charge in [-0.2, -0.15) is 0 Å². The lowest BCUT2D eigenvalue weighted by atomic mass is 9.98. The van der Waals surface area contributed by atoms with Crippen LogP contribution in [-0.2, 0) is 6.54 Å². The van der Waals surface area contributed by atoms with Crippen LogP contribution in [0.5, 0.6) is 11.5 Å². The minimum absolute atomic E-state index is 0.261. The number of nitrogens with two attached hydrogens (primary N) is 1. The molecule has 0 aliphatic carbocycles. The third-order valence-corrected chi connectivity index (χ3v) is 4.11. The van der Waals surface area contributed by atoms with Gasteiger partial charge in [-0.3, -0.25) is 4.90 Å². The van der Waals surface area contributed by atoms with Crippen LogP contribution in [0.2, 0.25) is 5.02 Å². The maximum absolute atomic E-state index is 6.20. The predicted octanol–water partition coefficient (Wildman–Crippen LogP) is 2.24. The highest BCUT2D eigenvalue weighted by molar-refractivity contribution is 6.32. The molecule has 2 aliphatic rings. The Morgan fingerprint density at radius 3 is 3.11 bits per heavy atom. The highest BCUT2D eigenvalue weighted by Crippen LogP contribution is 2.40. The van der Waals surface area contributed by atoms with Crippen molar-refractivity contribution in [2.75, 3.05) is 26.4 Å². The monoisotopic (exact) mass is 282 g/mol. The van der Waals surface area contributed by atoms with Gasteiger partial charge in [-0.15, -0.1) is 0 Å². The molecular weight excluding hydrogens is 264 g/mol. The van der Waals surface area contributed by atoms with Crippen molar-refractivity contribution in [2.45, 2.75) is 19.4 Å². The Labute approximate surface area is 118 Å². The first-order chi connectivity index (χ1) is 9.26. The SMILES string of the molecule is NCC1CCCN(Cc2cc(Cl)c3c(c2)OCO3)C1. The predicted molar refractivity (Wildman–Crippen MR) is 74.6 cm³/mol. The van der Waals surface area contributed by atoms with Crippen LogP contribution in [0, 0.1) is 5.92 Å². The number of benzene rings is 1. The summed E-state index contributed by atoms with van der Waals surface area (Å²) in [7, 11) is 0. The van der Waals surface area contributed by atoms with Gasteiger partial charge in [-0.25, -0.2) is 0 Å². The smallest absolute Gasteiger partial charge is 0.231 e. The average Bonchev–Trinajstić information content (AvgIpc) is 2.88. The van der Waals surface area contributed by atoms with Crippen molar-refractivity contribution >= 4 is 11.6 Å². The molecule has 2 N–H and O–H groups in total. The van der Waals surface area contributed by atoms with E-state index >= 15 is 0 Å². The molecule has 5 heteroatoms. The second kappa shape index (κ2) is 5.57. The minimum atomic E-state index is 0.261. The number of nitrogens with zero attached hydrogens (tertiary/aromatic N) is 1. The molecule has 1 saturated heterocycles. The lowest BCUT2D eigenvalue weighted by Gasteiger charge is -2.32. The first-order valence-corrected chi connectivity index (χ1v) is 7.14. The number of fused-ring (bicyclic) bond motifs is 1. The summed E-state index contributed by atoms with van der Waals surface area (Å²) in [5.74, 6) is 2.05. The van der Waals surface area contributed by atoms with Gasteiger partial charge < -0.3 is 15.2 Å². The summed E-state index contributed by atoms with van der Waals surface area (Å²) in [5, 5.41) is 0.636. The van der Waals surface area contributed by atoms with Gasteiger partial charge >= 0.3 is 0 Å². The van der Waals surface area contributed by atoms with Crippen LogP contribution >= 0.6 is 11.6 Å². The van der Waals surface area contributed by atoms with Gasteiger partial charge in [0, 0.05) is 13.1 Å². The van der Waals surface area contributed by atoms with E-state index in [4.69, 9.17) is 26.8 Å². The van der Waals surface area contributed by atoms with Crippen molar-refractivity contribution in [1.29, 1.82) is 0 Å². The Morgan fingerprint density at radius 1 is 1.37 bits per heavy atom. The van der Waals surface area contributed by atoms with E-state index in [1.807, 2.05) is 12.1 Å². The Bertz CT molecular complexity index is 467. The first kappa shape index (κ1) is 13.0. The number of halogens is 1. The normalized spacial score (nSPS) is 22.7. The number of hydrogen-bond donors (Lipinski definition) is 1. The van der Waals surface area contributed by atoms with Crippen LogP contribution in [0.25, 0.3) is 0 Å². The van der Waals surface area contributed by atoms with Crippen molar-refractivity contribution < 1.29 is 9.47 Å². The molecule has 1 unspecified atom stereocenters. The van der Waals surface area contributed by atoms with Crippen molar-refractivity contribution in [3.8, 4) is 11.5 Å². The Kier molecular flexibility index (Phi) is 3.82. The first-order valence-electron chi connectivity index (χ1n) is 6.76. The molecule has 1 atom stereocenters. The Balaban J connectivity index is 1.71. The number of ether oxygens (including phenoxy) is 2. The van der Waals surface area contributed by atoms with Gasteiger partial charge in [0.25, 0.3) is 0 Å². The summed E-state index contributed by atoms with van der Waals surface area (Å²) < 4.78 is 10.7. The molecule has 0 spiro atoms. The third-order valence-electron chi connectivity index (χ3n) is 3.83. The van der Waals surface area contributed by atoms with E-state index in [0.29, 0.717) is 16.7 Å². The summed E-state index contributed by atoms with van der Waals surface area (Å²) in [6, 6.07) is 4.00. The van der Waals surface area contributed by atoms with Gasteiger partial charge in [0.2, 0.25) is 6.79 Å². The van der Waals surface area contributed by atoms with Gasteiger partial charge in [0.1, 0.15) is 0 Å². The third kappa shape index (κ3) is 2.81. The maximum atomic E-state index is 6.20. The molecular formula is C14H19ClN2O2.